The van der Waals surface area contributed by atoms with Gasteiger partial charge in [0.05, 0.1) is 23.9 Å². The molecule has 0 radical (unpaired) electrons. The number of aliphatic hydroxyl groups is 1. The molecule has 4 rings (SSSR count). The summed E-state index contributed by atoms with van der Waals surface area (Å²) in [7, 11) is 0. The van der Waals surface area contributed by atoms with Gasteiger partial charge in [0.1, 0.15) is 5.65 Å². The number of halogens is 1. The summed E-state index contributed by atoms with van der Waals surface area (Å²) in [6.45, 7) is 2.22. The highest BCUT2D eigenvalue weighted by molar-refractivity contribution is 6.30. The molecule has 1 saturated carbocycles. The summed E-state index contributed by atoms with van der Waals surface area (Å²) in [6.07, 6.45) is 4.83. The normalized spacial score (nSPS) is 25.0. The molecular weight excluding hydrogens is 350 g/mol. The van der Waals surface area contributed by atoms with Crippen molar-refractivity contribution < 1.29 is 5.11 Å². The molecule has 6 nitrogen and oxygen atoms in total. The first kappa shape index (κ1) is 17.1. The molecule has 1 fully saturated rings. The van der Waals surface area contributed by atoms with Crippen LogP contribution < -0.4 is 11.3 Å². The van der Waals surface area contributed by atoms with Crippen LogP contribution in [0, 0.1) is 5.92 Å². The standard InChI is InChI=1S/C19H22ClN5O/c1-11(12-2-4-14(20)5-3-12)13-8-16(17(26)9-13)25-7-6-15-18(24-21)22-10-23-19(15)25/h2-7,10-11,13,16-17,26H,8-9,21H2,1H3,(H,22,23,24)/t11-,13-,16+,17+/m0/s1. The van der Waals surface area contributed by atoms with Gasteiger partial charge in [0.15, 0.2) is 5.49 Å². The lowest BCUT2D eigenvalue weighted by atomic mass is 9.86. The predicted octanol–water partition coefficient (Wildman–Crippen LogP) is 2.91. The van der Waals surface area contributed by atoms with Gasteiger partial charge in [-0.3, -0.25) is 0 Å². The summed E-state index contributed by atoms with van der Waals surface area (Å²) in [5.74, 6) is 6.18. The molecule has 1 aromatic carbocycles. The molecule has 2 heterocycles. The maximum atomic E-state index is 10.7. The van der Waals surface area contributed by atoms with Crippen molar-refractivity contribution in [2.24, 2.45) is 16.9 Å². The second-order valence-corrected chi connectivity index (χ2v) is 7.48. The fraction of sp³-hybridized carbons (Fsp3) is 0.368. The summed E-state index contributed by atoms with van der Waals surface area (Å²) >= 11 is 6.00. The van der Waals surface area contributed by atoms with Gasteiger partial charge >= 0.3 is 0 Å². The molecular formula is C19H22ClN5O. The van der Waals surface area contributed by atoms with E-state index in [4.69, 9.17) is 17.4 Å². The predicted molar refractivity (Wildman–Crippen MR) is 101 cm³/mol. The molecule has 0 unspecified atom stereocenters. The van der Waals surface area contributed by atoms with Crippen molar-refractivity contribution >= 4 is 22.6 Å². The number of nitrogens with one attached hydrogen (secondary N) is 1. The fourth-order valence-electron chi connectivity index (χ4n) is 4.16. The first-order valence-corrected chi connectivity index (χ1v) is 9.18. The smallest absolute Gasteiger partial charge is 0.183 e. The molecule has 0 amide bonds. The zero-order valence-electron chi connectivity index (χ0n) is 14.5. The molecule has 26 heavy (non-hydrogen) atoms. The van der Waals surface area contributed by atoms with Gasteiger partial charge in [-0.05, 0) is 48.4 Å². The van der Waals surface area contributed by atoms with Crippen LogP contribution in [0.2, 0.25) is 5.02 Å². The van der Waals surface area contributed by atoms with Crippen LogP contribution in [0.5, 0.6) is 0 Å². The highest BCUT2D eigenvalue weighted by atomic mass is 35.5. The highest BCUT2D eigenvalue weighted by Crippen LogP contribution is 2.43. The molecule has 7 heteroatoms. The quantitative estimate of drug-likeness (QED) is 0.488. The van der Waals surface area contributed by atoms with Gasteiger partial charge < -0.3 is 20.5 Å². The lowest BCUT2D eigenvalue weighted by Gasteiger charge is -2.20. The number of nitrogens with two attached hydrogens (primary N) is 1. The van der Waals surface area contributed by atoms with Crippen molar-refractivity contribution in [3.05, 3.63) is 58.9 Å². The van der Waals surface area contributed by atoms with E-state index in [9.17, 15) is 5.11 Å². The lowest BCUT2D eigenvalue weighted by molar-refractivity contribution is 0.135. The number of H-pyrrole nitrogens is 1. The van der Waals surface area contributed by atoms with Gasteiger partial charge in [-0.2, -0.15) is 5.10 Å². The Morgan fingerprint density at radius 2 is 2.08 bits per heavy atom. The van der Waals surface area contributed by atoms with Crippen molar-refractivity contribution in [3.63, 3.8) is 0 Å². The minimum Gasteiger partial charge on any atom is -0.391 e. The van der Waals surface area contributed by atoms with Crippen molar-refractivity contribution in [1.82, 2.24) is 14.5 Å². The van der Waals surface area contributed by atoms with Gasteiger partial charge in [0, 0.05) is 11.2 Å². The minimum atomic E-state index is -0.398. The van der Waals surface area contributed by atoms with Crippen molar-refractivity contribution in [1.29, 1.82) is 0 Å². The average molecular weight is 372 g/mol. The van der Waals surface area contributed by atoms with Gasteiger partial charge in [-0.15, -0.1) is 0 Å². The number of fused-ring (bicyclic) bond motifs is 1. The molecule has 0 spiro atoms. The monoisotopic (exact) mass is 371 g/mol. The highest BCUT2D eigenvalue weighted by Gasteiger charge is 2.37. The maximum absolute atomic E-state index is 10.7. The Hall–Kier alpha value is -2.31. The van der Waals surface area contributed by atoms with Gasteiger partial charge in [-0.25, -0.2) is 4.98 Å². The Kier molecular flexibility index (Phi) is 4.46. The second kappa shape index (κ2) is 6.78. The van der Waals surface area contributed by atoms with Crippen LogP contribution in [0.25, 0.3) is 11.0 Å². The summed E-state index contributed by atoms with van der Waals surface area (Å²) in [5.41, 5.74) is 2.63. The van der Waals surface area contributed by atoms with Crippen LogP contribution in [-0.2, 0) is 0 Å². The molecule has 4 N–H and O–H groups in total. The van der Waals surface area contributed by atoms with E-state index in [1.54, 1.807) is 6.33 Å². The van der Waals surface area contributed by atoms with Gasteiger partial charge in [0.2, 0.25) is 0 Å². The Morgan fingerprint density at radius 3 is 2.81 bits per heavy atom. The van der Waals surface area contributed by atoms with Gasteiger partial charge in [-0.1, -0.05) is 30.7 Å². The molecule has 1 aliphatic rings. The first-order valence-electron chi connectivity index (χ1n) is 8.80. The Labute approximate surface area is 156 Å². The van der Waals surface area contributed by atoms with E-state index in [0.29, 0.717) is 17.3 Å². The van der Waals surface area contributed by atoms with Crippen LogP contribution in [0.1, 0.15) is 37.3 Å². The number of hydrogen-bond acceptors (Lipinski definition) is 4. The van der Waals surface area contributed by atoms with Crippen molar-refractivity contribution in [2.45, 2.75) is 37.8 Å². The Morgan fingerprint density at radius 1 is 1.31 bits per heavy atom. The van der Waals surface area contributed by atoms with E-state index in [1.165, 1.54) is 5.56 Å². The molecule has 3 aromatic rings. The van der Waals surface area contributed by atoms with E-state index in [1.807, 2.05) is 24.4 Å². The van der Waals surface area contributed by atoms with Crippen LogP contribution in [0.15, 0.2) is 48.0 Å². The average Bonchev–Trinajstić information content (AvgIpc) is 3.24. The van der Waals surface area contributed by atoms with Crippen LogP contribution >= 0.6 is 11.6 Å². The number of aromatic nitrogens is 3. The third kappa shape index (κ3) is 2.89. The molecule has 0 bridgehead atoms. The Bertz CT molecular complexity index is 978. The first-order chi connectivity index (χ1) is 12.6. The zero-order chi connectivity index (χ0) is 18.3. The van der Waals surface area contributed by atoms with E-state index in [2.05, 4.69) is 38.7 Å². The van der Waals surface area contributed by atoms with Crippen molar-refractivity contribution in [2.75, 3.05) is 0 Å². The lowest BCUT2D eigenvalue weighted by Crippen LogP contribution is -2.19. The SMILES string of the molecule is C[C@@H](c1ccc(Cl)cc1)[C@@H]1C[C@@H](O)[C@H](n2ccc3/c(=N\N)nc[nH]c32)C1. The van der Waals surface area contributed by atoms with E-state index < -0.39 is 6.10 Å². The molecule has 0 aliphatic heterocycles. The molecule has 2 aromatic heterocycles. The van der Waals surface area contributed by atoms with E-state index >= 15 is 0 Å². The van der Waals surface area contributed by atoms with Crippen molar-refractivity contribution in [3.8, 4) is 0 Å². The third-order valence-electron chi connectivity index (χ3n) is 5.66. The number of aromatic amines is 1. The maximum Gasteiger partial charge on any atom is 0.183 e. The summed E-state index contributed by atoms with van der Waals surface area (Å²) in [6, 6.07) is 9.95. The second-order valence-electron chi connectivity index (χ2n) is 7.05. The topological polar surface area (TPSA) is 92.2 Å². The number of nitrogens with zero attached hydrogens (tertiary/aromatic N) is 3. The fourth-order valence-corrected chi connectivity index (χ4v) is 4.29. The number of benzene rings is 1. The molecule has 4 atom stereocenters. The van der Waals surface area contributed by atoms with Crippen LogP contribution in [-0.4, -0.2) is 25.7 Å². The Balaban J connectivity index is 1.62. The minimum absolute atomic E-state index is 0.0107. The summed E-state index contributed by atoms with van der Waals surface area (Å²) in [5, 5.41) is 16.1. The third-order valence-corrected chi connectivity index (χ3v) is 5.91. The van der Waals surface area contributed by atoms with Crippen LogP contribution in [0.3, 0.4) is 0 Å². The summed E-state index contributed by atoms with van der Waals surface area (Å²) in [4.78, 5) is 7.30. The number of aliphatic hydroxyl groups excluding tert-OH is 1. The summed E-state index contributed by atoms with van der Waals surface area (Å²) < 4.78 is 2.09. The largest absolute Gasteiger partial charge is 0.391 e. The van der Waals surface area contributed by atoms with E-state index in [-0.39, 0.29) is 6.04 Å². The van der Waals surface area contributed by atoms with E-state index in [0.717, 1.165) is 28.9 Å². The molecule has 0 saturated heterocycles. The molecule has 1 aliphatic carbocycles. The van der Waals surface area contributed by atoms with Crippen LogP contribution in [0.4, 0.5) is 0 Å². The zero-order valence-corrected chi connectivity index (χ0v) is 15.3. The van der Waals surface area contributed by atoms with Gasteiger partial charge in [0.25, 0.3) is 0 Å². The number of hydrogen-bond donors (Lipinski definition) is 3. The molecule has 136 valence electrons. The number of rotatable bonds is 3.